The monoisotopic (exact) mass is 162 g/mol. The maximum Gasteiger partial charge on any atom is 0.163 e. The standard InChI is InChI=1S/C3H7N4PS/c4-8(5,9)7-2-1-6-3-7/h1-3H,(H4,4,5,9). The molecule has 0 bridgehead atoms. The summed E-state index contributed by atoms with van der Waals surface area (Å²) in [4.78, 5) is 3.75. The van der Waals surface area contributed by atoms with Crippen molar-refractivity contribution >= 4 is 18.3 Å². The van der Waals surface area contributed by atoms with Gasteiger partial charge in [-0.1, -0.05) is 0 Å². The summed E-state index contributed by atoms with van der Waals surface area (Å²) in [7, 11) is 0. The summed E-state index contributed by atoms with van der Waals surface area (Å²) in [6.45, 7) is -2.28. The second-order valence-electron chi connectivity index (χ2n) is 1.62. The number of hydrogen-bond acceptors (Lipinski definition) is 2. The van der Waals surface area contributed by atoms with Gasteiger partial charge in [-0.25, -0.2) is 4.98 Å². The molecular weight excluding hydrogens is 155 g/mol. The van der Waals surface area contributed by atoms with Gasteiger partial charge in [0.05, 0.1) is 0 Å². The van der Waals surface area contributed by atoms with Crippen molar-refractivity contribution in [3.05, 3.63) is 18.7 Å². The van der Waals surface area contributed by atoms with E-state index in [-0.39, 0.29) is 0 Å². The number of nitrogens with zero attached hydrogens (tertiary/aromatic N) is 2. The molecule has 0 fully saturated rings. The highest BCUT2D eigenvalue weighted by molar-refractivity contribution is 8.11. The van der Waals surface area contributed by atoms with Gasteiger partial charge >= 0.3 is 0 Å². The van der Waals surface area contributed by atoms with Gasteiger partial charge in [0.2, 0.25) is 0 Å². The first-order valence-electron chi connectivity index (χ1n) is 2.27. The van der Waals surface area contributed by atoms with Crippen LogP contribution < -0.4 is 11.0 Å². The first-order valence-corrected chi connectivity index (χ1v) is 5.16. The molecule has 0 unspecified atom stereocenters. The molecule has 0 saturated carbocycles. The van der Waals surface area contributed by atoms with E-state index in [4.69, 9.17) is 22.8 Å². The predicted molar refractivity (Wildman–Crippen MR) is 40.3 cm³/mol. The minimum absolute atomic E-state index is 1.53. The normalized spacial score (nSPS) is 11.8. The highest BCUT2D eigenvalue weighted by atomic mass is 32.4. The molecule has 0 aliphatic carbocycles. The molecule has 4 N–H and O–H groups in total. The molecule has 0 spiro atoms. The zero-order valence-corrected chi connectivity index (χ0v) is 6.35. The van der Waals surface area contributed by atoms with Gasteiger partial charge in [-0.05, 0) is 11.8 Å². The van der Waals surface area contributed by atoms with Crippen LogP contribution in [0.15, 0.2) is 18.7 Å². The van der Waals surface area contributed by atoms with Crippen molar-refractivity contribution in [2.24, 2.45) is 11.0 Å². The summed E-state index contributed by atoms with van der Waals surface area (Å²) in [5.41, 5.74) is 10.9. The number of hydrogen-bond donors (Lipinski definition) is 2. The lowest BCUT2D eigenvalue weighted by Gasteiger charge is -2.09. The van der Waals surface area contributed by atoms with E-state index in [0.29, 0.717) is 0 Å². The lowest BCUT2D eigenvalue weighted by atomic mass is 11.0. The van der Waals surface area contributed by atoms with Crippen LogP contribution in [0.3, 0.4) is 0 Å². The molecule has 50 valence electrons. The molecule has 0 aliphatic rings. The average Bonchev–Trinajstić information content (AvgIpc) is 2.08. The molecule has 1 heterocycles. The van der Waals surface area contributed by atoms with Crippen LogP contribution in [-0.2, 0) is 11.8 Å². The third kappa shape index (κ3) is 1.59. The average molecular weight is 162 g/mol. The van der Waals surface area contributed by atoms with Gasteiger partial charge in [0.25, 0.3) is 0 Å². The summed E-state index contributed by atoms with van der Waals surface area (Å²) in [6, 6.07) is 0. The van der Waals surface area contributed by atoms with Crippen molar-refractivity contribution in [3.8, 4) is 0 Å². The van der Waals surface area contributed by atoms with E-state index in [9.17, 15) is 0 Å². The minimum Gasteiger partial charge on any atom is -0.286 e. The fourth-order valence-corrected chi connectivity index (χ4v) is 1.22. The van der Waals surface area contributed by atoms with Crippen molar-refractivity contribution in [2.45, 2.75) is 0 Å². The fourth-order valence-electron chi connectivity index (χ4n) is 0.437. The molecule has 1 aromatic rings. The van der Waals surface area contributed by atoms with Crippen LogP contribution in [0.25, 0.3) is 0 Å². The maximum atomic E-state index is 5.43. The smallest absolute Gasteiger partial charge is 0.163 e. The Balaban J connectivity index is 3.04. The first-order chi connectivity index (χ1) is 4.11. The Morgan fingerprint density at radius 3 is 2.44 bits per heavy atom. The number of aromatic nitrogens is 2. The van der Waals surface area contributed by atoms with Crippen LogP contribution in [0, 0.1) is 0 Å². The summed E-state index contributed by atoms with van der Waals surface area (Å²) in [5, 5.41) is 0. The van der Waals surface area contributed by atoms with Crippen molar-refractivity contribution in [1.29, 1.82) is 0 Å². The van der Waals surface area contributed by atoms with E-state index in [1.165, 1.54) is 6.33 Å². The van der Waals surface area contributed by atoms with E-state index in [0.717, 1.165) is 0 Å². The summed E-state index contributed by atoms with van der Waals surface area (Å²) < 4.78 is 1.56. The van der Waals surface area contributed by atoms with E-state index in [1.807, 2.05) is 0 Å². The third-order valence-electron chi connectivity index (χ3n) is 0.851. The molecule has 0 aromatic carbocycles. The van der Waals surface area contributed by atoms with E-state index in [1.54, 1.807) is 16.7 Å². The van der Waals surface area contributed by atoms with Gasteiger partial charge in [-0.15, -0.1) is 0 Å². The third-order valence-corrected chi connectivity index (χ3v) is 2.38. The Morgan fingerprint density at radius 1 is 1.56 bits per heavy atom. The molecule has 0 aliphatic heterocycles. The Bertz CT molecular complexity index is 224. The zero-order valence-electron chi connectivity index (χ0n) is 4.64. The molecule has 0 atom stereocenters. The van der Waals surface area contributed by atoms with Crippen LogP contribution in [0.2, 0.25) is 0 Å². The molecule has 1 rings (SSSR count). The van der Waals surface area contributed by atoms with Gasteiger partial charge < -0.3 is 0 Å². The van der Waals surface area contributed by atoms with Crippen LogP contribution >= 0.6 is 6.49 Å². The Kier molecular flexibility index (Phi) is 1.68. The first kappa shape index (κ1) is 6.89. The number of imidazole rings is 1. The molecule has 0 saturated heterocycles. The van der Waals surface area contributed by atoms with Crippen molar-refractivity contribution < 1.29 is 0 Å². The molecule has 4 nitrogen and oxygen atoms in total. The second-order valence-corrected chi connectivity index (χ2v) is 5.18. The second kappa shape index (κ2) is 2.19. The quantitative estimate of drug-likeness (QED) is 0.564. The van der Waals surface area contributed by atoms with E-state index < -0.39 is 6.49 Å². The van der Waals surface area contributed by atoms with Crippen molar-refractivity contribution in [2.75, 3.05) is 0 Å². The Labute approximate surface area is 58.0 Å². The summed E-state index contributed by atoms with van der Waals surface area (Å²) >= 11 is 4.79. The van der Waals surface area contributed by atoms with Crippen LogP contribution in [0.5, 0.6) is 0 Å². The van der Waals surface area contributed by atoms with Gasteiger partial charge in [0.15, 0.2) is 6.49 Å². The summed E-state index contributed by atoms with van der Waals surface area (Å²) in [5.74, 6) is 0. The highest BCUT2D eigenvalue weighted by Crippen LogP contribution is 2.26. The topological polar surface area (TPSA) is 69.9 Å². The maximum absolute atomic E-state index is 5.43. The van der Waals surface area contributed by atoms with Crippen LogP contribution in [0.4, 0.5) is 0 Å². The van der Waals surface area contributed by atoms with Gasteiger partial charge in [-0.3, -0.25) is 15.3 Å². The fraction of sp³-hybridized carbons (Fsp3) is 0. The molecule has 0 amide bonds. The number of nitrogens with two attached hydrogens (primary N) is 2. The lowest BCUT2D eigenvalue weighted by molar-refractivity contribution is 1.19. The van der Waals surface area contributed by atoms with E-state index >= 15 is 0 Å². The Hall–Kier alpha value is -0.220. The largest absolute Gasteiger partial charge is 0.286 e. The number of rotatable bonds is 1. The summed E-state index contributed by atoms with van der Waals surface area (Å²) in [6.07, 6.45) is 4.79. The molecule has 0 radical (unpaired) electrons. The minimum atomic E-state index is -2.28. The van der Waals surface area contributed by atoms with E-state index in [2.05, 4.69) is 4.98 Å². The van der Waals surface area contributed by atoms with Crippen LogP contribution in [-0.4, -0.2) is 9.32 Å². The lowest BCUT2D eigenvalue weighted by Crippen LogP contribution is -2.10. The Morgan fingerprint density at radius 2 is 2.22 bits per heavy atom. The highest BCUT2D eigenvalue weighted by Gasteiger charge is 2.02. The molecule has 9 heavy (non-hydrogen) atoms. The van der Waals surface area contributed by atoms with Gasteiger partial charge in [0, 0.05) is 12.4 Å². The van der Waals surface area contributed by atoms with Gasteiger partial charge in [-0.2, -0.15) is 0 Å². The van der Waals surface area contributed by atoms with Crippen molar-refractivity contribution in [3.63, 3.8) is 0 Å². The molecule has 1 aromatic heterocycles. The van der Waals surface area contributed by atoms with Crippen LogP contribution in [0.1, 0.15) is 0 Å². The SMILES string of the molecule is NP(N)(=S)n1ccnc1. The zero-order chi connectivity index (χ0) is 6.91. The van der Waals surface area contributed by atoms with Crippen molar-refractivity contribution in [1.82, 2.24) is 9.32 Å². The molecular formula is C3H7N4PS. The molecule has 6 heteroatoms. The predicted octanol–water partition coefficient (Wildman–Crippen LogP) is -0.127. The van der Waals surface area contributed by atoms with Gasteiger partial charge in [0.1, 0.15) is 6.33 Å².